The van der Waals surface area contributed by atoms with Crippen molar-refractivity contribution in [3.63, 3.8) is 0 Å². The molecular formula is C15H18N6O2. The molecule has 8 heteroatoms. The van der Waals surface area contributed by atoms with Gasteiger partial charge in [0, 0.05) is 18.8 Å². The number of nitrogens with zero attached hydrogens (tertiary/aromatic N) is 2. The molecule has 2 aromatic rings. The highest BCUT2D eigenvalue weighted by molar-refractivity contribution is 5.84. The summed E-state index contributed by atoms with van der Waals surface area (Å²) in [5.41, 5.74) is 7.41. The lowest BCUT2D eigenvalue weighted by atomic mass is 10.1. The van der Waals surface area contributed by atoms with E-state index in [9.17, 15) is 9.59 Å². The second-order valence-electron chi connectivity index (χ2n) is 5.44. The second-order valence-corrected chi connectivity index (χ2v) is 5.44. The number of carbonyl (C=O) groups is 1. The number of aromatic amines is 1. The van der Waals surface area contributed by atoms with E-state index in [0.29, 0.717) is 25.3 Å². The predicted molar refractivity (Wildman–Crippen MR) is 89.8 cm³/mol. The number of aromatic nitrogens is 2. The molecule has 8 nitrogen and oxygen atoms in total. The number of nitrogens with one attached hydrogen (secondary N) is 3. The third-order valence-electron chi connectivity index (χ3n) is 3.78. The Kier molecular flexibility index (Phi) is 3.88. The van der Waals surface area contributed by atoms with Crippen LogP contribution in [0.5, 0.6) is 0 Å². The molecule has 3 rings (SSSR count). The number of hydrogen-bond donors (Lipinski definition) is 4. The van der Waals surface area contributed by atoms with Gasteiger partial charge >= 0.3 is 0 Å². The number of nitrogens with two attached hydrogens (primary N) is 1. The standard InChI is InChI=1S/C15H18N6O2/c1-9-2-4-10(5-3-9)17-6-11-7-18-13-12(21(11)8-22)14(23)20-15(16)19-13/h2-5,8,11,17H,6-7H2,1H3,(H4,16,18,19,20,23)/t11-/m1/s1. The first-order chi connectivity index (χ1) is 11.1. The van der Waals surface area contributed by atoms with Gasteiger partial charge in [0.25, 0.3) is 5.56 Å². The Balaban J connectivity index is 1.80. The van der Waals surface area contributed by atoms with Crippen LogP contribution in [0, 0.1) is 6.92 Å². The van der Waals surface area contributed by atoms with E-state index in [1.54, 1.807) is 0 Å². The topological polar surface area (TPSA) is 116 Å². The Morgan fingerprint density at radius 1 is 1.43 bits per heavy atom. The van der Waals surface area contributed by atoms with Crippen LogP contribution < -0.4 is 26.8 Å². The van der Waals surface area contributed by atoms with E-state index < -0.39 is 5.56 Å². The molecule has 1 aromatic heterocycles. The molecule has 0 aliphatic carbocycles. The molecular weight excluding hydrogens is 296 g/mol. The van der Waals surface area contributed by atoms with Crippen molar-refractivity contribution in [2.24, 2.45) is 0 Å². The summed E-state index contributed by atoms with van der Waals surface area (Å²) < 4.78 is 0. The van der Waals surface area contributed by atoms with Gasteiger partial charge in [-0.3, -0.25) is 14.6 Å². The van der Waals surface area contributed by atoms with Crippen molar-refractivity contribution < 1.29 is 4.79 Å². The highest BCUT2D eigenvalue weighted by Crippen LogP contribution is 2.25. The largest absolute Gasteiger partial charge is 0.383 e. The molecule has 2 heterocycles. The highest BCUT2D eigenvalue weighted by atomic mass is 16.1. The maximum absolute atomic E-state index is 12.1. The predicted octanol–water partition coefficient (Wildman–Crippen LogP) is 0.530. The van der Waals surface area contributed by atoms with Crippen LogP contribution in [0.4, 0.5) is 23.1 Å². The summed E-state index contributed by atoms with van der Waals surface area (Å²) in [7, 11) is 0. The minimum atomic E-state index is -0.438. The van der Waals surface area contributed by atoms with Crippen molar-refractivity contribution in [1.82, 2.24) is 9.97 Å². The van der Waals surface area contributed by atoms with Gasteiger partial charge in [0.05, 0.1) is 6.04 Å². The zero-order valence-corrected chi connectivity index (χ0v) is 12.7. The lowest BCUT2D eigenvalue weighted by molar-refractivity contribution is -0.107. The zero-order chi connectivity index (χ0) is 16.4. The van der Waals surface area contributed by atoms with Crippen molar-refractivity contribution >= 4 is 29.6 Å². The van der Waals surface area contributed by atoms with Gasteiger partial charge in [-0.25, -0.2) is 0 Å². The van der Waals surface area contributed by atoms with Crippen LogP contribution in [-0.4, -0.2) is 35.5 Å². The van der Waals surface area contributed by atoms with Gasteiger partial charge in [-0.2, -0.15) is 4.98 Å². The Morgan fingerprint density at radius 3 is 2.87 bits per heavy atom. The van der Waals surface area contributed by atoms with Crippen molar-refractivity contribution in [1.29, 1.82) is 0 Å². The van der Waals surface area contributed by atoms with Gasteiger partial charge in [0.1, 0.15) is 0 Å². The van der Waals surface area contributed by atoms with Crippen LogP contribution in [0.1, 0.15) is 5.56 Å². The number of carbonyl (C=O) groups excluding carboxylic acids is 1. The first-order valence-electron chi connectivity index (χ1n) is 7.26. The SMILES string of the molecule is Cc1ccc(NC[C@@H]2CNc3nc(N)[nH]c(=O)c3N2C=O)cc1. The van der Waals surface area contributed by atoms with Gasteiger partial charge in [0.15, 0.2) is 11.5 Å². The highest BCUT2D eigenvalue weighted by Gasteiger charge is 2.29. The van der Waals surface area contributed by atoms with Crippen molar-refractivity contribution in [2.45, 2.75) is 13.0 Å². The normalized spacial score (nSPS) is 16.4. The molecule has 0 saturated carbocycles. The summed E-state index contributed by atoms with van der Waals surface area (Å²) >= 11 is 0. The van der Waals surface area contributed by atoms with E-state index in [0.717, 1.165) is 5.69 Å². The molecule has 1 amide bonds. The van der Waals surface area contributed by atoms with Crippen molar-refractivity contribution in [2.75, 3.05) is 34.4 Å². The first kappa shape index (κ1) is 14.9. The fourth-order valence-electron chi connectivity index (χ4n) is 2.56. The molecule has 0 saturated heterocycles. The lowest BCUT2D eigenvalue weighted by Crippen LogP contribution is -2.49. The lowest BCUT2D eigenvalue weighted by Gasteiger charge is -2.34. The number of rotatable bonds is 4. The average molecular weight is 314 g/mol. The van der Waals surface area contributed by atoms with E-state index in [1.807, 2.05) is 31.2 Å². The van der Waals surface area contributed by atoms with Crippen LogP contribution in [0.2, 0.25) is 0 Å². The quantitative estimate of drug-likeness (QED) is 0.612. The minimum absolute atomic E-state index is 0.0170. The molecule has 1 aliphatic rings. The molecule has 0 spiro atoms. The summed E-state index contributed by atoms with van der Waals surface area (Å²) in [5.74, 6) is 0.341. The number of fused-ring (bicyclic) bond motifs is 1. The van der Waals surface area contributed by atoms with Crippen molar-refractivity contribution in [3.8, 4) is 0 Å². The summed E-state index contributed by atoms with van der Waals surface area (Å²) in [6.07, 6.45) is 0.647. The van der Waals surface area contributed by atoms with E-state index in [4.69, 9.17) is 5.73 Å². The fraction of sp³-hybridized carbons (Fsp3) is 0.267. The number of amides is 1. The molecule has 23 heavy (non-hydrogen) atoms. The van der Waals surface area contributed by atoms with Crippen LogP contribution in [0.15, 0.2) is 29.1 Å². The summed E-state index contributed by atoms with van der Waals surface area (Å²) in [6.45, 7) is 2.99. The van der Waals surface area contributed by atoms with E-state index >= 15 is 0 Å². The summed E-state index contributed by atoms with van der Waals surface area (Å²) in [4.78, 5) is 31.4. The van der Waals surface area contributed by atoms with Gasteiger partial charge < -0.3 is 21.3 Å². The molecule has 120 valence electrons. The summed E-state index contributed by atoms with van der Waals surface area (Å²) in [5, 5.41) is 6.32. The van der Waals surface area contributed by atoms with Gasteiger partial charge in [-0.1, -0.05) is 17.7 Å². The molecule has 0 fully saturated rings. The molecule has 0 bridgehead atoms. The zero-order valence-electron chi connectivity index (χ0n) is 12.7. The third-order valence-corrected chi connectivity index (χ3v) is 3.78. The number of H-pyrrole nitrogens is 1. The fourth-order valence-corrected chi connectivity index (χ4v) is 2.56. The maximum Gasteiger partial charge on any atom is 0.278 e. The van der Waals surface area contributed by atoms with Gasteiger partial charge in [0.2, 0.25) is 12.4 Å². The Morgan fingerprint density at radius 2 is 2.17 bits per heavy atom. The smallest absolute Gasteiger partial charge is 0.278 e. The number of hydrogen-bond acceptors (Lipinski definition) is 6. The Hall–Kier alpha value is -3.03. The van der Waals surface area contributed by atoms with E-state index in [-0.39, 0.29) is 17.7 Å². The van der Waals surface area contributed by atoms with Crippen LogP contribution >= 0.6 is 0 Å². The Bertz CT molecular complexity index is 771. The van der Waals surface area contributed by atoms with E-state index in [2.05, 4.69) is 20.6 Å². The molecule has 0 unspecified atom stereocenters. The van der Waals surface area contributed by atoms with Gasteiger partial charge in [-0.05, 0) is 19.1 Å². The molecule has 1 aromatic carbocycles. The van der Waals surface area contributed by atoms with Crippen molar-refractivity contribution in [3.05, 3.63) is 40.2 Å². The minimum Gasteiger partial charge on any atom is -0.383 e. The average Bonchev–Trinajstić information content (AvgIpc) is 2.53. The first-order valence-corrected chi connectivity index (χ1v) is 7.26. The third kappa shape index (κ3) is 2.96. The monoisotopic (exact) mass is 314 g/mol. The van der Waals surface area contributed by atoms with Crippen LogP contribution in [0.25, 0.3) is 0 Å². The molecule has 0 radical (unpaired) electrons. The van der Waals surface area contributed by atoms with E-state index in [1.165, 1.54) is 10.5 Å². The maximum atomic E-state index is 12.1. The van der Waals surface area contributed by atoms with Crippen LogP contribution in [-0.2, 0) is 4.79 Å². The van der Waals surface area contributed by atoms with Crippen LogP contribution in [0.3, 0.4) is 0 Å². The number of aryl methyl sites for hydroxylation is 1. The number of anilines is 4. The summed E-state index contributed by atoms with van der Waals surface area (Å²) in [6, 6.07) is 7.74. The second kappa shape index (κ2) is 5.99. The molecule has 1 aliphatic heterocycles. The van der Waals surface area contributed by atoms with Gasteiger partial charge in [-0.15, -0.1) is 0 Å². The number of benzene rings is 1. The Labute approximate surface area is 132 Å². The molecule has 1 atom stereocenters. The molecule has 5 N–H and O–H groups in total. The number of nitrogen functional groups attached to an aromatic ring is 1.